The highest BCUT2D eigenvalue weighted by molar-refractivity contribution is 5.82. The number of likely N-dealkylation sites (tertiary alicyclic amines) is 1. The number of hydrogen-bond acceptors (Lipinski definition) is 3. The van der Waals surface area contributed by atoms with Gasteiger partial charge in [0.05, 0.1) is 6.04 Å². The van der Waals surface area contributed by atoms with Crippen LogP contribution in [0.2, 0.25) is 0 Å². The molecular weight excluding hydrogens is 232 g/mol. The molecule has 2 atom stereocenters. The Morgan fingerprint density at radius 2 is 1.94 bits per heavy atom. The SMILES string of the molecule is CC(C(=O)N(C)C)N1CCCC(C)(C)C1C(=O)O. The van der Waals surface area contributed by atoms with Gasteiger partial charge in [0.15, 0.2) is 0 Å². The molecule has 2 unspecified atom stereocenters. The Kier molecular flexibility index (Phi) is 4.37. The van der Waals surface area contributed by atoms with Gasteiger partial charge in [0, 0.05) is 14.1 Å². The number of aliphatic carboxylic acids is 1. The molecule has 1 saturated heterocycles. The second-order valence-electron chi connectivity index (χ2n) is 5.98. The molecule has 0 aromatic heterocycles. The van der Waals surface area contributed by atoms with Crippen LogP contribution in [0.1, 0.15) is 33.6 Å². The fourth-order valence-corrected chi connectivity index (χ4v) is 2.84. The fourth-order valence-electron chi connectivity index (χ4n) is 2.84. The summed E-state index contributed by atoms with van der Waals surface area (Å²) in [5.74, 6) is -0.878. The van der Waals surface area contributed by atoms with E-state index in [0.29, 0.717) is 6.54 Å². The van der Waals surface area contributed by atoms with Gasteiger partial charge in [-0.2, -0.15) is 0 Å². The number of carboxylic acid groups (broad SMARTS) is 1. The van der Waals surface area contributed by atoms with Crippen LogP contribution in [0.15, 0.2) is 0 Å². The van der Waals surface area contributed by atoms with E-state index < -0.39 is 12.0 Å². The molecule has 0 aromatic carbocycles. The summed E-state index contributed by atoms with van der Waals surface area (Å²) < 4.78 is 0. The number of carbonyl (C=O) groups is 2. The predicted octanol–water partition coefficient (Wildman–Crippen LogP) is 1.04. The van der Waals surface area contributed by atoms with E-state index in [4.69, 9.17) is 0 Å². The molecule has 0 aromatic rings. The third kappa shape index (κ3) is 2.83. The van der Waals surface area contributed by atoms with Crippen LogP contribution >= 0.6 is 0 Å². The first-order valence-electron chi connectivity index (χ1n) is 6.38. The standard InChI is InChI=1S/C13H24N2O3/c1-9(11(16)14(4)5)15-8-6-7-13(2,3)10(15)12(17)18/h9-10H,6-8H2,1-5H3,(H,17,18). The van der Waals surface area contributed by atoms with Crippen LogP contribution in [-0.2, 0) is 9.59 Å². The number of carbonyl (C=O) groups excluding carboxylic acids is 1. The minimum atomic E-state index is -0.835. The maximum absolute atomic E-state index is 12.0. The monoisotopic (exact) mass is 256 g/mol. The highest BCUT2D eigenvalue weighted by Crippen LogP contribution is 2.36. The Bertz CT molecular complexity index is 339. The summed E-state index contributed by atoms with van der Waals surface area (Å²) in [6, 6.07) is -0.981. The van der Waals surface area contributed by atoms with Gasteiger partial charge in [-0.05, 0) is 31.7 Å². The van der Waals surface area contributed by atoms with Gasteiger partial charge in [-0.3, -0.25) is 14.5 Å². The van der Waals surface area contributed by atoms with E-state index in [-0.39, 0.29) is 17.4 Å². The number of hydrogen-bond donors (Lipinski definition) is 1. The van der Waals surface area contributed by atoms with Crippen molar-refractivity contribution in [1.82, 2.24) is 9.80 Å². The van der Waals surface area contributed by atoms with Crippen LogP contribution in [0.4, 0.5) is 0 Å². The number of likely N-dealkylation sites (N-methyl/N-ethyl adjacent to an activating group) is 1. The Morgan fingerprint density at radius 3 is 2.39 bits per heavy atom. The molecule has 5 heteroatoms. The average molecular weight is 256 g/mol. The smallest absolute Gasteiger partial charge is 0.321 e. The molecule has 5 nitrogen and oxygen atoms in total. The summed E-state index contributed by atoms with van der Waals surface area (Å²) in [6.45, 7) is 6.39. The minimum Gasteiger partial charge on any atom is -0.480 e. The molecule has 1 heterocycles. The molecule has 1 aliphatic rings. The van der Waals surface area contributed by atoms with Gasteiger partial charge in [-0.25, -0.2) is 0 Å². The van der Waals surface area contributed by atoms with E-state index in [1.54, 1.807) is 21.0 Å². The maximum atomic E-state index is 12.0. The zero-order valence-electron chi connectivity index (χ0n) is 11.9. The topological polar surface area (TPSA) is 60.9 Å². The van der Waals surface area contributed by atoms with E-state index >= 15 is 0 Å². The molecular formula is C13H24N2O3. The molecule has 1 rings (SSSR count). The van der Waals surface area contributed by atoms with Gasteiger partial charge in [0.25, 0.3) is 0 Å². The lowest BCUT2D eigenvalue weighted by molar-refractivity contribution is -0.155. The van der Waals surface area contributed by atoms with Crippen LogP contribution in [0.5, 0.6) is 0 Å². The lowest BCUT2D eigenvalue weighted by Crippen LogP contribution is -2.60. The molecule has 1 amide bonds. The molecule has 0 saturated carbocycles. The van der Waals surface area contributed by atoms with E-state index in [1.807, 2.05) is 18.7 Å². The van der Waals surface area contributed by atoms with Gasteiger partial charge in [0.2, 0.25) is 5.91 Å². The van der Waals surface area contributed by atoms with Gasteiger partial charge < -0.3 is 10.0 Å². The van der Waals surface area contributed by atoms with Crippen LogP contribution in [-0.4, -0.2) is 59.5 Å². The van der Waals surface area contributed by atoms with Crippen molar-refractivity contribution in [1.29, 1.82) is 0 Å². The lowest BCUT2D eigenvalue weighted by atomic mass is 9.76. The first-order valence-corrected chi connectivity index (χ1v) is 6.38. The summed E-state index contributed by atoms with van der Waals surface area (Å²) in [6.07, 6.45) is 1.81. The van der Waals surface area contributed by atoms with E-state index in [2.05, 4.69) is 0 Å². The van der Waals surface area contributed by atoms with Crippen molar-refractivity contribution in [3.8, 4) is 0 Å². The van der Waals surface area contributed by atoms with Crippen LogP contribution in [0, 0.1) is 5.41 Å². The van der Waals surface area contributed by atoms with Gasteiger partial charge >= 0.3 is 5.97 Å². The molecule has 104 valence electrons. The summed E-state index contributed by atoms with van der Waals surface area (Å²) in [7, 11) is 3.40. The molecule has 1 N–H and O–H groups in total. The molecule has 1 fully saturated rings. The number of piperidine rings is 1. The quantitative estimate of drug-likeness (QED) is 0.819. The largest absolute Gasteiger partial charge is 0.480 e. The molecule has 0 radical (unpaired) electrons. The molecule has 0 spiro atoms. The van der Waals surface area contributed by atoms with Crippen molar-refractivity contribution < 1.29 is 14.7 Å². The Balaban J connectivity index is 2.98. The fraction of sp³-hybridized carbons (Fsp3) is 0.846. The van der Waals surface area contributed by atoms with Crippen LogP contribution in [0.25, 0.3) is 0 Å². The third-order valence-electron chi connectivity index (χ3n) is 3.84. The predicted molar refractivity (Wildman–Crippen MR) is 69.3 cm³/mol. The van der Waals surface area contributed by atoms with Crippen molar-refractivity contribution in [3.63, 3.8) is 0 Å². The van der Waals surface area contributed by atoms with Crippen molar-refractivity contribution in [2.75, 3.05) is 20.6 Å². The maximum Gasteiger partial charge on any atom is 0.321 e. The third-order valence-corrected chi connectivity index (χ3v) is 3.84. The summed E-state index contributed by atoms with van der Waals surface area (Å²) in [4.78, 5) is 26.9. The van der Waals surface area contributed by atoms with E-state index in [0.717, 1.165) is 12.8 Å². The highest BCUT2D eigenvalue weighted by Gasteiger charge is 2.45. The summed E-state index contributed by atoms with van der Waals surface area (Å²) in [5.41, 5.74) is -0.301. The first kappa shape index (κ1) is 15.0. The second kappa shape index (κ2) is 5.26. The van der Waals surface area contributed by atoms with E-state index in [1.165, 1.54) is 4.90 Å². The van der Waals surface area contributed by atoms with Gasteiger partial charge in [-0.1, -0.05) is 13.8 Å². The first-order chi connectivity index (χ1) is 8.18. The Hall–Kier alpha value is -1.10. The highest BCUT2D eigenvalue weighted by atomic mass is 16.4. The Labute approximate surface area is 109 Å². The number of carboxylic acids is 1. The summed E-state index contributed by atoms with van der Waals surface area (Å²) >= 11 is 0. The van der Waals surface area contributed by atoms with Crippen molar-refractivity contribution in [2.45, 2.75) is 45.7 Å². The second-order valence-corrected chi connectivity index (χ2v) is 5.98. The van der Waals surface area contributed by atoms with Crippen LogP contribution < -0.4 is 0 Å². The number of nitrogens with zero attached hydrogens (tertiary/aromatic N) is 2. The van der Waals surface area contributed by atoms with Crippen molar-refractivity contribution in [3.05, 3.63) is 0 Å². The molecule has 18 heavy (non-hydrogen) atoms. The zero-order chi connectivity index (χ0) is 14.1. The summed E-state index contributed by atoms with van der Waals surface area (Å²) in [5, 5.41) is 9.45. The zero-order valence-corrected chi connectivity index (χ0v) is 11.9. The van der Waals surface area contributed by atoms with E-state index in [9.17, 15) is 14.7 Å². The van der Waals surface area contributed by atoms with Gasteiger partial charge in [-0.15, -0.1) is 0 Å². The van der Waals surface area contributed by atoms with Gasteiger partial charge in [0.1, 0.15) is 6.04 Å². The van der Waals surface area contributed by atoms with Crippen LogP contribution in [0.3, 0.4) is 0 Å². The lowest BCUT2D eigenvalue weighted by Gasteiger charge is -2.46. The molecule has 0 aliphatic carbocycles. The number of rotatable bonds is 3. The minimum absolute atomic E-state index is 0.0426. The Morgan fingerprint density at radius 1 is 1.39 bits per heavy atom. The molecule has 0 bridgehead atoms. The normalized spacial score (nSPS) is 25.5. The average Bonchev–Trinajstić information content (AvgIpc) is 2.24. The number of amides is 1. The molecule has 1 aliphatic heterocycles. The van der Waals surface area contributed by atoms with Crippen molar-refractivity contribution in [2.24, 2.45) is 5.41 Å². The van der Waals surface area contributed by atoms with Crippen molar-refractivity contribution >= 4 is 11.9 Å².